The number of hydrogen-bond acceptors (Lipinski definition) is 1. The van der Waals surface area contributed by atoms with Gasteiger partial charge in [0.15, 0.2) is 0 Å². The van der Waals surface area contributed by atoms with Crippen molar-refractivity contribution in [1.82, 2.24) is 0 Å². The van der Waals surface area contributed by atoms with E-state index in [1.807, 2.05) is 0 Å². The van der Waals surface area contributed by atoms with E-state index in [0.29, 0.717) is 5.92 Å². The van der Waals surface area contributed by atoms with Crippen LogP contribution in [0.25, 0.3) is 0 Å². The molecule has 2 aromatic rings. The van der Waals surface area contributed by atoms with Crippen LogP contribution < -0.4 is 4.90 Å². The first kappa shape index (κ1) is 14.4. The number of anilines is 1. The van der Waals surface area contributed by atoms with Crippen LogP contribution in [-0.4, -0.2) is 13.6 Å². The first-order valence-electron chi connectivity index (χ1n) is 7.23. The third-order valence-electron chi connectivity index (χ3n) is 3.60. The summed E-state index contributed by atoms with van der Waals surface area (Å²) in [5, 5.41) is 0. The third-order valence-corrected chi connectivity index (χ3v) is 3.60. The SMILES string of the molecule is CC(C/C=C/CN(C)c1ccccc1)c1ccccc1. The summed E-state index contributed by atoms with van der Waals surface area (Å²) in [6, 6.07) is 21.2. The maximum Gasteiger partial charge on any atom is 0.0366 e. The van der Waals surface area contributed by atoms with Gasteiger partial charge in [-0.25, -0.2) is 0 Å². The summed E-state index contributed by atoms with van der Waals surface area (Å²) >= 11 is 0. The Balaban J connectivity index is 1.80. The molecule has 1 nitrogen and oxygen atoms in total. The monoisotopic (exact) mass is 265 g/mol. The molecule has 2 rings (SSSR count). The highest BCUT2D eigenvalue weighted by Gasteiger charge is 2.01. The molecule has 2 aromatic carbocycles. The van der Waals surface area contributed by atoms with Crippen LogP contribution in [0.2, 0.25) is 0 Å². The van der Waals surface area contributed by atoms with E-state index < -0.39 is 0 Å². The fourth-order valence-corrected chi connectivity index (χ4v) is 2.24. The second kappa shape index (κ2) is 7.54. The minimum atomic E-state index is 0.578. The van der Waals surface area contributed by atoms with Crippen molar-refractivity contribution in [1.29, 1.82) is 0 Å². The topological polar surface area (TPSA) is 3.24 Å². The zero-order valence-electron chi connectivity index (χ0n) is 12.4. The molecule has 0 saturated carbocycles. The lowest BCUT2D eigenvalue weighted by molar-refractivity contribution is 0.778. The summed E-state index contributed by atoms with van der Waals surface area (Å²) in [4.78, 5) is 2.25. The maximum atomic E-state index is 2.29. The maximum absolute atomic E-state index is 2.29. The first-order chi connectivity index (χ1) is 9.77. The van der Waals surface area contributed by atoms with Gasteiger partial charge in [0.1, 0.15) is 0 Å². The Morgan fingerprint density at radius 2 is 1.50 bits per heavy atom. The molecule has 1 unspecified atom stereocenters. The van der Waals surface area contributed by atoms with Crippen LogP contribution in [0, 0.1) is 0 Å². The second-order valence-electron chi connectivity index (χ2n) is 5.23. The molecule has 0 aliphatic carbocycles. The molecule has 0 radical (unpaired) electrons. The predicted octanol–water partition coefficient (Wildman–Crippen LogP) is 4.87. The minimum Gasteiger partial charge on any atom is -0.371 e. The van der Waals surface area contributed by atoms with E-state index in [0.717, 1.165) is 13.0 Å². The minimum absolute atomic E-state index is 0.578. The molecule has 0 aliphatic rings. The van der Waals surface area contributed by atoms with E-state index in [1.54, 1.807) is 0 Å². The Labute approximate surface area is 122 Å². The highest BCUT2D eigenvalue weighted by molar-refractivity contribution is 5.45. The number of rotatable bonds is 6. The summed E-state index contributed by atoms with van der Waals surface area (Å²) in [7, 11) is 2.13. The van der Waals surface area contributed by atoms with Gasteiger partial charge in [0.25, 0.3) is 0 Å². The zero-order valence-corrected chi connectivity index (χ0v) is 12.4. The van der Waals surface area contributed by atoms with Crippen molar-refractivity contribution in [3.05, 3.63) is 78.4 Å². The molecular weight excluding hydrogens is 242 g/mol. The smallest absolute Gasteiger partial charge is 0.0366 e. The van der Waals surface area contributed by atoms with Crippen LogP contribution in [0.3, 0.4) is 0 Å². The highest BCUT2D eigenvalue weighted by atomic mass is 15.1. The van der Waals surface area contributed by atoms with Gasteiger partial charge in [0.2, 0.25) is 0 Å². The summed E-state index contributed by atoms with van der Waals surface area (Å²) in [5.41, 5.74) is 2.67. The highest BCUT2D eigenvalue weighted by Crippen LogP contribution is 2.18. The third kappa shape index (κ3) is 4.27. The lowest BCUT2D eigenvalue weighted by Crippen LogP contribution is -2.16. The predicted molar refractivity (Wildman–Crippen MR) is 88.3 cm³/mol. The molecule has 0 aliphatic heterocycles. The van der Waals surface area contributed by atoms with E-state index in [4.69, 9.17) is 0 Å². The van der Waals surface area contributed by atoms with E-state index in [9.17, 15) is 0 Å². The molecular formula is C19H23N. The van der Waals surface area contributed by atoms with Crippen LogP contribution >= 0.6 is 0 Å². The van der Waals surface area contributed by atoms with Crippen molar-refractivity contribution < 1.29 is 0 Å². The van der Waals surface area contributed by atoms with Gasteiger partial charge >= 0.3 is 0 Å². The van der Waals surface area contributed by atoms with Crippen LogP contribution in [0.1, 0.15) is 24.8 Å². The summed E-state index contributed by atoms with van der Waals surface area (Å²) < 4.78 is 0. The van der Waals surface area contributed by atoms with Crippen molar-refractivity contribution in [3.63, 3.8) is 0 Å². The fourth-order valence-electron chi connectivity index (χ4n) is 2.24. The van der Waals surface area contributed by atoms with Gasteiger partial charge in [-0.05, 0) is 30.0 Å². The van der Waals surface area contributed by atoms with Gasteiger partial charge in [-0.15, -0.1) is 0 Å². The van der Waals surface area contributed by atoms with Crippen molar-refractivity contribution in [3.8, 4) is 0 Å². The van der Waals surface area contributed by atoms with Crippen LogP contribution in [0.15, 0.2) is 72.8 Å². The van der Waals surface area contributed by atoms with Crippen LogP contribution in [0.4, 0.5) is 5.69 Å². The van der Waals surface area contributed by atoms with Crippen molar-refractivity contribution in [2.24, 2.45) is 0 Å². The van der Waals surface area contributed by atoms with Gasteiger partial charge in [0, 0.05) is 19.3 Å². The molecule has 0 amide bonds. The molecule has 0 fully saturated rings. The fraction of sp³-hybridized carbons (Fsp3) is 0.263. The number of para-hydroxylation sites is 1. The number of hydrogen-bond donors (Lipinski definition) is 0. The van der Waals surface area contributed by atoms with Gasteiger partial charge in [0.05, 0.1) is 0 Å². The Morgan fingerprint density at radius 3 is 2.15 bits per heavy atom. The number of benzene rings is 2. The van der Waals surface area contributed by atoms with Crippen LogP contribution in [0.5, 0.6) is 0 Å². The second-order valence-corrected chi connectivity index (χ2v) is 5.23. The molecule has 0 N–H and O–H groups in total. The normalized spacial score (nSPS) is 12.5. The van der Waals surface area contributed by atoms with E-state index in [-0.39, 0.29) is 0 Å². The number of allylic oxidation sites excluding steroid dienone is 1. The Morgan fingerprint density at radius 1 is 0.900 bits per heavy atom. The number of likely N-dealkylation sites (N-methyl/N-ethyl adjacent to an activating group) is 1. The van der Waals surface area contributed by atoms with Crippen LogP contribution in [-0.2, 0) is 0 Å². The largest absolute Gasteiger partial charge is 0.371 e. The van der Waals surface area contributed by atoms with E-state index in [1.165, 1.54) is 11.3 Å². The average molecular weight is 265 g/mol. The van der Waals surface area contributed by atoms with Crippen molar-refractivity contribution in [2.45, 2.75) is 19.3 Å². The quantitative estimate of drug-likeness (QED) is 0.673. The summed E-state index contributed by atoms with van der Waals surface area (Å²) in [5.74, 6) is 0.578. The first-order valence-corrected chi connectivity index (χ1v) is 7.23. The Hall–Kier alpha value is -2.02. The molecule has 0 saturated heterocycles. The zero-order chi connectivity index (χ0) is 14.2. The van der Waals surface area contributed by atoms with Gasteiger partial charge in [-0.1, -0.05) is 67.6 Å². The van der Waals surface area contributed by atoms with Gasteiger partial charge in [-0.2, -0.15) is 0 Å². The Bertz CT molecular complexity index is 466. The molecule has 0 bridgehead atoms. The molecule has 0 aromatic heterocycles. The average Bonchev–Trinajstić information content (AvgIpc) is 2.53. The van der Waals surface area contributed by atoms with Gasteiger partial charge in [-0.3, -0.25) is 0 Å². The van der Waals surface area contributed by atoms with E-state index >= 15 is 0 Å². The molecule has 0 heterocycles. The van der Waals surface area contributed by atoms with Gasteiger partial charge < -0.3 is 4.90 Å². The molecule has 0 spiro atoms. The summed E-state index contributed by atoms with van der Waals surface area (Å²) in [6.07, 6.45) is 5.64. The van der Waals surface area contributed by atoms with Crippen molar-refractivity contribution in [2.75, 3.05) is 18.5 Å². The lowest BCUT2D eigenvalue weighted by atomic mass is 9.98. The Kier molecular flexibility index (Phi) is 5.43. The molecule has 1 heteroatoms. The lowest BCUT2D eigenvalue weighted by Gasteiger charge is -2.17. The van der Waals surface area contributed by atoms with E-state index in [2.05, 4.69) is 91.7 Å². The standard InChI is InChI=1S/C19H23N/c1-17(18-12-5-3-6-13-18)11-9-10-16-20(2)19-14-7-4-8-15-19/h3-10,12-15,17H,11,16H2,1-2H3/b10-9+. The molecule has 1 atom stereocenters. The molecule has 20 heavy (non-hydrogen) atoms. The van der Waals surface area contributed by atoms with Crippen molar-refractivity contribution >= 4 is 5.69 Å². The number of nitrogens with zero attached hydrogens (tertiary/aromatic N) is 1. The molecule has 104 valence electrons. The summed E-state index contributed by atoms with van der Waals surface area (Å²) in [6.45, 7) is 3.23.